The Bertz CT molecular complexity index is 960. The lowest BCUT2D eigenvalue weighted by atomic mass is 10.0. The van der Waals surface area contributed by atoms with Crippen molar-refractivity contribution in [1.82, 2.24) is 0 Å². The van der Waals surface area contributed by atoms with Gasteiger partial charge in [-0.2, -0.15) is 0 Å². The van der Waals surface area contributed by atoms with Crippen LogP contribution in [-0.4, -0.2) is 37.2 Å². The summed E-state index contributed by atoms with van der Waals surface area (Å²) in [5.41, 5.74) is 0. The molecule has 6 nitrogen and oxygen atoms in total. The van der Waals surface area contributed by atoms with Crippen molar-refractivity contribution >= 4 is 17.9 Å². The average molecular weight is 877 g/mol. The van der Waals surface area contributed by atoms with Crippen molar-refractivity contribution in [2.75, 3.05) is 13.2 Å². The number of rotatable bonds is 49. The highest BCUT2D eigenvalue weighted by Crippen LogP contribution is 2.18. The van der Waals surface area contributed by atoms with Gasteiger partial charge in [0.25, 0.3) is 0 Å². The number of hydrogen-bond acceptors (Lipinski definition) is 6. The van der Waals surface area contributed by atoms with Gasteiger partial charge in [0.15, 0.2) is 6.10 Å². The second-order valence-electron chi connectivity index (χ2n) is 20.6. The van der Waals surface area contributed by atoms with Crippen molar-refractivity contribution in [1.29, 1.82) is 0 Å². The smallest absolute Gasteiger partial charge is 0.306 e. The fourth-order valence-electron chi connectivity index (χ4n) is 8.47. The van der Waals surface area contributed by atoms with Crippen LogP contribution < -0.4 is 0 Å². The molecule has 6 heteroatoms. The molecule has 1 atom stereocenters. The molecule has 0 aliphatic rings. The van der Waals surface area contributed by atoms with Gasteiger partial charge in [0.2, 0.25) is 0 Å². The Kier molecular flexibility index (Phi) is 46.2. The van der Waals surface area contributed by atoms with E-state index in [0.29, 0.717) is 19.3 Å². The van der Waals surface area contributed by atoms with E-state index >= 15 is 0 Å². The van der Waals surface area contributed by atoms with E-state index < -0.39 is 6.10 Å². The van der Waals surface area contributed by atoms with Crippen molar-refractivity contribution in [3.05, 3.63) is 0 Å². The lowest BCUT2D eigenvalue weighted by Crippen LogP contribution is -2.30. The number of carbonyl (C=O) groups is 3. The Morgan fingerprint density at radius 1 is 0.274 bits per heavy atom. The molecule has 0 aromatic heterocycles. The standard InChI is InChI=1S/C56H108O6/c1-50(2)42-36-30-24-18-13-10-8-7-9-11-15-21-27-33-39-45-54(57)60-48-53(62-56(59)47-41-35-29-23-17-20-26-32-38-44-52(5)6)49-61-55(58)46-40-34-28-22-16-12-14-19-25-31-37-43-51(3)4/h50-53H,7-49H2,1-6H3/t53-/m0/s1. The summed E-state index contributed by atoms with van der Waals surface area (Å²) in [6.07, 6.45) is 48.1. The first-order chi connectivity index (χ1) is 30.1. The summed E-state index contributed by atoms with van der Waals surface area (Å²) in [5.74, 6) is 1.63. The van der Waals surface area contributed by atoms with Crippen LogP contribution in [0, 0.1) is 17.8 Å². The second-order valence-corrected chi connectivity index (χ2v) is 20.6. The van der Waals surface area contributed by atoms with Crippen molar-refractivity contribution in [2.45, 2.75) is 311 Å². The summed E-state index contributed by atoms with van der Waals surface area (Å²) in [6, 6.07) is 0. The van der Waals surface area contributed by atoms with Gasteiger partial charge in [-0.25, -0.2) is 0 Å². The molecule has 0 aliphatic carbocycles. The molecule has 0 amide bonds. The highest BCUT2D eigenvalue weighted by molar-refractivity contribution is 5.71. The molecular weight excluding hydrogens is 769 g/mol. The molecule has 0 unspecified atom stereocenters. The van der Waals surface area contributed by atoms with Crippen molar-refractivity contribution in [3.8, 4) is 0 Å². The van der Waals surface area contributed by atoms with Gasteiger partial charge in [-0.15, -0.1) is 0 Å². The quantitative estimate of drug-likeness (QED) is 0.0344. The van der Waals surface area contributed by atoms with Crippen LogP contribution in [0.25, 0.3) is 0 Å². The van der Waals surface area contributed by atoms with E-state index in [2.05, 4.69) is 41.5 Å². The fraction of sp³-hybridized carbons (Fsp3) is 0.946. The summed E-state index contributed by atoms with van der Waals surface area (Å²) >= 11 is 0. The number of unbranched alkanes of at least 4 members (excludes halogenated alkanes) is 32. The zero-order chi connectivity index (χ0) is 45.6. The molecule has 0 rings (SSSR count). The molecule has 0 aromatic carbocycles. The fourth-order valence-corrected chi connectivity index (χ4v) is 8.47. The van der Waals surface area contributed by atoms with Crippen LogP contribution in [0.3, 0.4) is 0 Å². The van der Waals surface area contributed by atoms with E-state index in [-0.39, 0.29) is 31.1 Å². The van der Waals surface area contributed by atoms with E-state index in [9.17, 15) is 14.4 Å². The molecule has 0 fully saturated rings. The first-order valence-corrected chi connectivity index (χ1v) is 27.6. The lowest BCUT2D eigenvalue weighted by molar-refractivity contribution is -0.167. The summed E-state index contributed by atoms with van der Waals surface area (Å²) < 4.78 is 16.8. The van der Waals surface area contributed by atoms with Gasteiger partial charge in [-0.3, -0.25) is 14.4 Å². The SMILES string of the molecule is CC(C)CCCCCCCCCCCCCCCCCC(=O)OC[C@@H](COC(=O)CCCCCCCCCCCCCC(C)C)OC(=O)CCCCCCCCCCCC(C)C. The number of ether oxygens (including phenoxy) is 3. The molecule has 0 saturated carbocycles. The number of esters is 3. The van der Waals surface area contributed by atoms with Crippen LogP contribution in [0.2, 0.25) is 0 Å². The Labute approximate surface area is 387 Å². The minimum atomic E-state index is -0.763. The molecule has 0 radical (unpaired) electrons. The predicted molar refractivity (Wildman–Crippen MR) is 266 cm³/mol. The first kappa shape index (κ1) is 60.4. The van der Waals surface area contributed by atoms with E-state index in [1.54, 1.807) is 0 Å². The maximum Gasteiger partial charge on any atom is 0.306 e. The molecule has 368 valence electrons. The Balaban J connectivity index is 4.28. The van der Waals surface area contributed by atoms with Crippen LogP contribution in [0.5, 0.6) is 0 Å². The molecule has 0 saturated heterocycles. The third-order valence-electron chi connectivity index (χ3n) is 12.6. The molecular formula is C56H108O6. The van der Waals surface area contributed by atoms with Crippen LogP contribution in [0.1, 0.15) is 305 Å². The van der Waals surface area contributed by atoms with Crippen molar-refractivity contribution in [2.24, 2.45) is 17.8 Å². The van der Waals surface area contributed by atoms with Crippen LogP contribution in [-0.2, 0) is 28.6 Å². The molecule has 0 bridgehead atoms. The largest absolute Gasteiger partial charge is 0.462 e. The van der Waals surface area contributed by atoms with Gasteiger partial charge in [0, 0.05) is 19.3 Å². The van der Waals surface area contributed by atoms with Crippen molar-refractivity contribution < 1.29 is 28.6 Å². The van der Waals surface area contributed by atoms with E-state index in [4.69, 9.17) is 14.2 Å². The van der Waals surface area contributed by atoms with Gasteiger partial charge >= 0.3 is 17.9 Å². The predicted octanol–water partition coefficient (Wildman–Crippen LogP) is 17.9. The Hall–Kier alpha value is -1.59. The molecule has 62 heavy (non-hydrogen) atoms. The van der Waals surface area contributed by atoms with Gasteiger partial charge < -0.3 is 14.2 Å². The third-order valence-corrected chi connectivity index (χ3v) is 12.6. The monoisotopic (exact) mass is 877 g/mol. The second kappa shape index (κ2) is 47.4. The molecule has 0 N–H and O–H groups in total. The van der Waals surface area contributed by atoms with E-state index in [1.165, 1.54) is 186 Å². The van der Waals surface area contributed by atoms with E-state index in [1.807, 2.05) is 0 Å². The maximum absolute atomic E-state index is 12.8. The van der Waals surface area contributed by atoms with E-state index in [0.717, 1.165) is 75.5 Å². The van der Waals surface area contributed by atoms with Gasteiger partial charge in [0.05, 0.1) is 0 Å². The number of hydrogen-bond donors (Lipinski definition) is 0. The van der Waals surface area contributed by atoms with Gasteiger partial charge in [-0.05, 0) is 37.0 Å². The lowest BCUT2D eigenvalue weighted by Gasteiger charge is -2.18. The van der Waals surface area contributed by atoms with Crippen LogP contribution >= 0.6 is 0 Å². The summed E-state index contributed by atoms with van der Waals surface area (Å²) in [7, 11) is 0. The van der Waals surface area contributed by atoms with Gasteiger partial charge in [-0.1, -0.05) is 266 Å². The molecule has 0 spiro atoms. The topological polar surface area (TPSA) is 78.9 Å². The highest BCUT2D eigenvalue weighted by Gasteiger charge is 2.19. The average Bonchev–Trinajstić information content (AvgIpc) is 3.23. The summed E-state index contributed by atoms with van der Waals surface area (Å²) in [5, 5.41) is 0. The summed E-state index contributed by atoms with van der Waals surface area (Å²) in [4.78, 5) is 38.0. The third kappa shape index (κ3) is 49.4. The first-order valence-electron chi connectivity index (χ1n) is 27.6. The zero-order valence-corrected chi connectivity index (χ0v) is 42.7. The molecule has 0 aromatic rings. The zero-order valence-electron chi connectivity index (χ0n) is 42.7. The van der Waals surface area contributed by atoms with Crippen LogP contribution in [0.4, 0.5) is 0 Å². The van der Waals surface area contributed by atoms with Gasteiger partial charge in [0.1, 0.15) is 13.2 Å². The Morgan fingerprint density at radius 2 is 0.468 bits per heavy atom. The maximum atomic E-state index is 12.8. The normalized spacial score (nSPS) is 12.1. The minimum absolute atomic E-state index is 0.0642. The van der Waals surface area contributed by atoms with Crippen molar-refractivity contribution in [3.63, 3.8) is 0 Å². The highest BCUT2D eigenvalue weighted by atomic mass is 16.6. The minimum Gasteiger partial charge on any atom is -0.462 e. The number of carbonyl (C=O) groups excluding carboxylic acids is 3. The molecule has 0 aliphatic heterocycles. The van der Waals surface area contributed by atoms with Crippen LogP contribution in [0.15, 0.2) is 0 Å². The Morgan fingerprint density at radius 3 is 0.694 bits per heavy atom. The molecule has 0 heterocycles. The summed E-state index contributed by atoms with van der Waals surface area (Å²) in [6.45, 7) is 13.7.